The molecule has 0 saturated heterocycles. The molecule has 0 amide bonds. The molecule has 4 nitrogen and oxygen atoms in total. The number of allylic oxidation sites excluding steroid dienone is 2. The van der Waals surface area contributed by atoms with Crippen LogP contribution in [0.4, 0.5) is 0 Å². The van der Waals surface area contributed by atoms with Crippen molar-refractivity contribution in [2.24, 2.45) is 0 Å². The average Bonchev–Trinajstić information content (AvgIpc) is 3.73. The molecule has 0 fully saturated rings. The topological polar surface area (TPSA) is 68.3 Å². The van der Waals surface area contributed by atoms with Gasteiger partial charge in [0.05, 0.1) is 11.1 Å². The Morgan fingerprint density at radius 2 is 1.05 bits per heavy atom. The Labute approximate surface area is 243 Å². The highest BCUT2D eigenvalue weighted by atomic mass is 32.1. The maximum atomic E-state index is 12.8. The van der Waals surface area contributed by atoms with Crippen LogP contribution in [0.1, 0.15) is 57.4 Å². The van der Waals surface area contributed by atoms with Crippen LogP contribution in [0.25, 0.3) is 32.3 Å². The van der Waals surface area contributed by atoms with Crippen LogP contribution in [0, 0.1) is 6.92 Å². The summed E-state index contributed by atoms with van der Waals surface area (Å²) >= 11 is 3.22. The normalized spacial score (nSPS) is 14.1. The van der Waals surface area contributed by atoms with Gasteiger partial charge in [0.2, 0.25) is 0 Å². The molecule has 0 N–H and O–H groups in total. The molecule has 41 heavy (non-hydrogen) atoms. The lowest BCUT2D eigenvalue weighted by atomic mass is 10.0. The van der Waals surface area contributed by atoms with Crippen LogP contribution in [0.5, 0.6) is 0 Å². The van der Waals surface area contributed by atoms with Gasteiger partial charge in [-0.1, -0.05) is 72.8 Å². The number of hydrogen-bond donors (Lipinski definition) is 0. The number of Topliss-reactive ketones (excluding diaryl/α,β-unsaturated/α-hetero) is 4. The summed E-state index contributed by atoms with van der Waals surface area (Å²) in [6.45, 7) is 2.07. The number of carbonyl (C=O) groups excluding carboxylic acids is 4. The summed E-state index contributed by atoms with van der Waals surface area (Å²) in [5, 5.41) is 0. The summed E-state index contributed by atoms with van der Waals surface area (Å²) in [4.78, 5) is 55.2. The van der Waals surface area contributed by atoms with Crippen molar-refractivity contribution < 1.29 is 19.2 Å². The number of benzene rings is 3. The lowest BCUT2D eigenvalue weighted by Gasteiger charge is -2.02. The molecule has 196 valence electrons. The Morgan fingerprint density at radius 1 is 0.537 bits per heavy atom. The fourth-order valence-corrected chi connectivity index (χ4v) is 7.51. The van der Waals surface area contributed by atoms with E-state index in [0.717, 1.165) is 36.2 Å². The van der Waals surface area contributed by atoms with Crippen molar-refractivity contribution in [2.75, 3.05) is 0 Å². The van der Waals surface area contributed by atoms with Crippen LogP contribution in [-0.4, -0.2) is 23.1 Å². The Morgan fingerprint density at radius 3 is 1.59 bits per heavy atom. The van der Waals surface area contributed by atoms with Gasteiger partial charge >= 0.3 is 0 Å². The number of thiophene rings is 2. The van der Waals surface area contributed by atoms with E-state index in [1.54, 1.807) is 83.4 Å². The largest absolute Gasteiger partial charge is 0.288 e. The summed E-state index contributed by atoms with van der Waals surface area (Å²) in [6, 6.07) is 27.8. The molecule has 2 heterocycles. The molecule has 2 aromatic heterocycles. The first-order valence-electron chi connectivity index (χ1n) is 13.0. The fraction of sp³-hybridized carbons (Fsp3) is 0.0286. The Bertz CT molecular complexity index is 1940. The first-order chi connectivity index (χ1) is 19.9. The zero-order chi connectivity index (χ0) is 28.2. The molecule has 3 aromatic carbocycles. The molecule has 5 aromatic rings. The fourth-order valence-electron chi connectivity index (χ4n) is 5.30. The summed E-state index contributed by atoms with van der Waals surface area (Å²) < 4.78 is 0. The van der Waals surface area contributed by atoms with Crippen LogP contribution in [0.3, 0.4) is 0 Å². The van der Waals surface area contributed by atoms with E-state index in [9.17, 15) is 19.2 Å². The number of rotatable bonds is 4. The lowest BCUT2D eigenvalue weighted by molar-refractivity contribution is 0.0975. The SMILES string of the molecule is Cc1cc(-c2ccc(C=C3C(=O)c4ccccc4C3=O)s2)sc1-c1ccc(C=C2C(=O)c3ccccc3C2=O)cc1. The van der Waals surface area contributed by atoms with Gasteiger partial charge in [-0.15, -0.1) is 22.7 Å². The van der Waals surface area contributed by atoms with E-state index >= 15 is 0 Å². The quantitative estimate of drug-likeness (QED) is 0.161. The Balaban J connectivity index is 1.13. The molecule has 0 spiro atoms. The molecule has 0 saturated carbocycles. The summed E-state index contributed by atoms with van der Waals surface area (Å²) in [5.74, 6) is -0.906. The first-order valence-corrected chi connectivity index (χ1v) is 14.6. The molecule has 7 rings (SSSR count). The third kappa shape index (κ3) is 4.20. The number of ketones is 4. The number of aryl methyl sites for hydroxylation is 1. The maximum absolute atomic E-state index is 12.8. The van der Waals surface area contributed by atoms with E-state index in [-0.39, 0.29) is 34.3 Å². The highest BCUT2D eigenvalue weighted by molar-refractivity contribution is 7.24. The van der Waals surface area contributed by atoms with E-state index in [4.69, 9.17) is 0 Å². The van der Waals surface area contributed by atoms with E-state index < -0.39 is 0 Å². The van der Waals surface area contributed by atoms with Gasteiger partial charge in [0.25, 0.3) is 0 Å². The van der Waals surface area contributed by atoms with Crippen molar-refractivity contribution in [2.45, 2.75) is 6.92 Å². The van der Waals surface area contributed by atoms with Gasteiger partial charge < -0.3 is 0 Å². The Kier molecular flexibility index (Phi) is 5.96. The standard InChI is InChI=1S/C35H20O4S2/c1-19-16-30(29-15-14-22(40-29)18-28-33(38)25-8-4-5-9-26(25)34(28)39)41-35(19)21-12-10-20(11-13-21)17-27-31(36)23-6-2-3-7-24(23)32(27)37/h2-18H,1H3. The molecule has 2 aliphatic carbocycles. The number of fused-ring (bicyclic) bond motifs is 2. The van der Waals surface area contributed by atoms with Crippen molar-refractivity contribution in [3.63, 3.8) is 0 Å². The van der Waals surface area contributed by atoms with Crippen molar-refractivity contribution in [3.8, 4) is 20.2 Å². The van der Waals surface area contributed by atoms with Gasteiger partial charge in [-0.2, -0.15) is 0 Å². The second-order valence-electron chi connectivity index (χ2n) is 9.97. The van der Waals surface area contributed by atoms with Crippen LogP contribution in [-0.2, 0) is 0 Å². The zero-order valence-electron chi connectivity index (χ0n) is 21.8. The molecule has 0 aliphatic heterocycles. The third-order valence-electron chi connectivity index (χ3n) is 7.37. The van der Waals surface area contributed by atoms with Crippen molar-refractivity contribution in [1.82, 2.24) is 0 Å². The lowest BCUT2D eigenvalue weighted by Crippen LogP contribution is -2.00. The Hall–Kier alpha value is -4.78. The predicted molar refractivity (Wildman–Crippen MR) is 164 cm³/mol. The number of hydrogen-bond acceptors (Lipinski definition) is 6. The van der Waals surface area contributed by atoms with Gasteiger partial charge in [-0.25, -0.2) is 0 Å². The zero-order valence-corrected chi connectivity index (χ0v) is 23.4. The molecule has 0 bridgehead atoms. The summed E-state index contributed by atoms with van der Waals surface area (Å²) in [6.07, 6.45) is 3.37. The first kappa shape index (κ1) is 25.2. The van der Waals surface area contributed by atoms with E-state index in [2.05, 4.69) is 13.0 Å². The van der Waals surface area contributed by atoms with Crippen LogP contribution >= 0.6 is 22.7 Å². The van der Waals surface area contributed by atoms with Crippen molar-refractivity contribution >= 4 is 58.0 Å². The molecule has 0 unspecified atom stereocenters. The second kappa shape index (κ2) is 9.70. The maximum Gasteiger partial charge on any atom is 0.197 e. The number of carbonyl (C=O) groups is 4. The van der Waals surface area contributed by atoms with Gasteiger partial charge in [0, 0.05) is 41.8 Å². The third-order valence-corrected chi connectivity index (χ3v) is 9.88. The summed E-state index contributed by atoms with van der Waals surface area (Å²) in [5.41, 5.74) is 5.24. The predicted octanol–water partition coefficient (Wildman–Crippen LogP) is 8.38. The van der Waals surface area contributed by atoms with Crippen LogP contribution in [0.15, 0.2) is 102 Å². The van der Waals surface area contributed by atoms with Gasteiger partial charge in [0.1, 0.15) is 0 Å². The molecular formula is C35H20O4S2. The van der Waals surface area contributed by atoms with E-state index in [1.165, 1.54) is 0 Å². The van der Waals surface area contributed by atoms with Gasteiger partial charge in [0.15, 0.2) is 23.1 Å². The smallest absolute Gasteiger partial charge is 0.197 e. The van der Waals surface area contributed by atoms with Crippen molar-refractivity contribution in [3.05, 3.63) is 140 Å². The van der Waals surface area contributed by atoms with Gasteiger partial charge in [-0.3, -0.25) is 19.2 Å². The van der Waals surface area contributed by atoms with Crippen molar-refractivity contribution in [1.29, 1.82) is 0 Å². The summed E-state index contributed by atoms with van der Waals surface area (Å²) in [7, 11) is 0. The molecular weight excluding hydrogens is 549 g/mol. The highest BCUT2D eigenvalue weighted by Crippen LogP contribution is 2.41. The molecule has 2 aliphatic rings. The van der Waals surface area contributed by atoms with Crippen LogP contribution in [0.2, 0.25) is 0 Å². The molecule has 0 radical (unpaired) electrons. The van der Waals surface area contributed by atoms with Gasteiger partial charge in [-0.05, 0) is 54.0 Å². The molecule has 0 atom stereocenters. The second-order valence-corrected chi connectivity index (χ2v) is 12.1. The minimum absolute atomic E-state index is 0.196. The monoisotopic (exact) mass is 568 g/mol. The average molecular weight is 569 g/mol. The minimum Gasteiger partial charge on any atom is -0.288 e. The van der Waals surface area contributed by atoms with Crippen LogP contribution < -0.4 is 0 Å². The van der Waals surface area contributed by atoms with E-state index in [1.807, 2.05) is 36.4 Å². The van der Waals surface area contributed by atoms with E-state index in [0.29, 0.717) is 22.3 Å². The highest BCUT2D eigenvalue weighted by Gasteiger charge is 2.33. The minimum atomic E-state index is -0.231. The molecule has 6 heteroatoms.